The van der Waals surface area contributed by atoms with Crippen molar-refractivity contribution in [2.45, 2.75) is 5.25 Å². The summed E-state index contributed by atoms with van der Waals surface area (Å²) in [6.45, 7) is 0. The minimum Gasteiger partial charge on any atom is -0.493 e. The smallest absolute Gasteiger partial charge is 0.255 e. The van der Waals surface area contributed by atoms with Gasteiger partial charge in [0.25, 0.3) is 5.91 Å². The third-order valence-corrected chi connectivity index (χ3v) is 4.88. The highest BCUT2D eigenvalue weighted by Crippen LogP contribution is 2.30. The van der Waals surface area contributed by atoms with Crippen molar-refractivity contribution >= 4 is 28.3 Å². The van der Waals surface area contributed by atoms with Crippen molar-refractivity contribution in [3.8, 4) is 11.5 Å². The van der Waals surface area contributed by atoms with E-state index in [9.17, 15) is 13.8 Å². The average Bonchev–Trinajstić information content (AvgIpc) is 2.62. The summed E-state index contributed by atoms with van der Waals surface area (Å²) in [5.41, 5.74) is 6.48. The second kappa shape index (κ2) is 8.48. The van der Waals surface area contributed by atoms with Crippen LogP contribution < -0.4 is 20.5 Å². The van der Waals surface area contributed by atoms with Crippen LogP contribution in [0.4, 0.5) is 5.69 Å². The van der Waals surface area contributed by atoms with E-state index in [0.29, 0.717) is 28.3 Å². The SMILES string of the molecule is COc1ccc(C(=O)Nc2ccccc2C(C(N)=O)S(C)=O)cc1OC. The average molecular weight is 376 g/mol. The van der Waals surface area contributed by atoms with E-state index in [1.807, 2.05) is 0 Å². The third-order valence-electron chi connectivity index (χ3n) is 3.73. The molecule has 26 heavy (non-hydrogen) atoms. The van der Waals surface area contributed by atoms with E-state index >= 15 is 0 Å². The van der Waals surface area contributed by atoms with E-state index in [1.165, 1.54) is 20.5 Å². The van der Waals surface area contributed by atoms with Crippen LogP contribution in [0.3, 0.4) is 0 Å². The lowest BCUT2D eigenvalue weighted by atomic mass is 10.1. The molecule has 0 aliphatic heterocycles. The molecular weight excluding hydrogens is 356 g/mol. The zero-order chi connectivity index (χ0) is 19.3. The Labute approximate surface area is 153 Å². The van der Waals surface area contributed by atoms with Crippen molar-refractivity contribution in [3.05, 3.63) is 53.6 Å². The maximum absolute atomic E-state index is 12.6. The van der Waals surface area contributed by atoms with Crippen molar-refractivity contribution in [1.29, 1.82) is 0 Å². The van der Waals surface area contributed by atoms with Gasteiger partial charge < -0.3 is 20.5 Å². The topological polar surface area (TPSA) is 108 Å². The van der Waals surface area contributed by atoms with Crippen LogP contribution in [-0.4, -0.2) is 36.5 Å². The maximum Gasteiger partial charge on any atom is 0.255 e. The van der Waals surface area contributed by atoms with E-state index in [0.717, 1.165) is 0 Å². The molecule has 0 aliphatic rings. The van der Waals surface area contributed by atoms with Gasteiger partial charge in [-0.1, -0.05) is 18.2 Å². The summed E-state index contributed by atoms with van der Waals surface area (Å²) in [5.74, 6) is -0.222. The number of ether oxygens (including phenoxy) is 2. The highest BCUT2D eigenvalue weighted by atomic mass is 32.2. The van der Waals surface area contributed by atoms with Gasteiger partial charge in [-0.2, -0.15) is 0 Å². The van der Waals surface area contributed by atoms with Crippen LogP contribution in [0.1, 0.15) is 21.2 Å². The Morgan fingerprint density at radius 1 is 1.08 bits per heavy atom. The maximum atomic E-state index is 12.6. The number of primary amides is 1. The number of amides is 2. The molecule has 0 aliphatic carbocycles. The van der Waals surface area contributed by atoms with Crippen molar-refractivity contribution < 1.29 is 23.3 Å². The summed E-state index contributed by atoms with van der Waals surface area (Å²) < 4.78 is 22.3. The minimum absolute atomic E-state index is 0.339. The van der Waals surface area contributed by atoms with Gasteiger partial charge in [0.2, 0.25) is 5.91 Å². The molecule has 0 saturated heterocycles. The molecule has 0 radical (unpaired) electrons. The van der Waals surface area contributed by atoms with Gasteiger partial charge in [0, 0.05) is 33.9 Å². The first-order valence-electron chi connectivity index (χ1n) is 7.63. The highest BCUT2D eigenvalue weighted by Gasteiger charge is 2.25. The fourth-order valence-electron chi connectivity index (χ4n) is 2.51. The van der Waals surface area contributed by atoms with Gasteiger partial charge in [0.15, 0.2) is 11.5 Å². The van der Waals surface area contributed by atoms with Crippen LogP contribution >= 0.6 is 0 Å². The van der Waals surface area contributed by atoms with E-state index in [1.54, 1.807) is 42.5 Å². The van der Waals surface area contributed by atoms with Crippen LogP contribution in [0.5, 0.6) is 11.5 Å². The molecule has 2 rings (SSSR count). The zero-order valence-electron chi connectivity index (χ0n) is 14.6. The number of anilines is 1. The lowest BCUT2D eigenvalue weighted by Gasteiger charge is -2.16. The van der Waals surface area contributed by atoms with Gasteiger partial charge in [-0.3, -0.25) is 13.8 Å². The van der Waals surface area contributed by atoms with Crippen LogP contribution in [0, 0.1) is 0 Å². The van der Waals surface area contributed by atoms with Gasteiger partial charge in [0.05, 0.1) is 14.2 Å². The van der Waals surface area contributed by atoms with E-state index in [-0.39, 0.29) is 0 Å². The summed E-state index contributed by atoms with van der Waals surface area (Å²) in [6, 6.07) is 11.4. The molecule has 2 aromatic carbocycles. The Morgan fingerprint density at radius 3 is 2.31 bits per heavy atom. The number of hydrogen-bond donors (Lipinski definition) is 2. The number of nitrogens with two attached hydrogens (primary N) is 1. The standard InChI is InChI=1S/C18H20N2O5S/c1-24-14-9-8-11(10-15(14)25-2)18(22)20-13-7-5-4-6-12(13)16(17(19)21)26(3)23/h4-10,16H,1-3H3,(H2,19,21)(H,20,22). The molecule has 0 heterocycles. The van der Waals surface area contributed by atoms with E-state index in [2.05, 4.69) is 5.32 Å². The monoisotopic (exact) mass is 376 g/mol. The van der Waals surface area contributed by atoms with Gasteiger partial charge in [-0.25, -0.2) is 0 Å². The molecule has 0 spiro atoms. The van der Waals surface area contributed by atoms with Crippen LogP contribution in [0.25, 0.3) is 0 Å². The zero-order valence-corrected chi connectivity index (χ0v) is 15.5. The summed E-state index contributed by atoms with van der Waals surface area (Å²) >= 11 is 0. The van der Waals surface area contributed by atoms with Crippen molar-refractivity contribution in [1.82, 2.24) is 0 Å². The van der Waals surface area contributed by atoms with Gasteiger partial charge in [0.1, 0.15) is 5.25 Å². The first-order chi connectivity index (χ1) is 12.4. The van der Waals surface area contributed by atoms with Crippen molar-refractivity contribution in [2.24, 2.45) is 5.73 Å². The van der Waals surface area contributed by atoms with Gasteiger partial charge >= 0.3 is 0 Å². The number of nitrogens with one attached hydrogen (secondary N) is 1. The van der Waals surface area contributed by atoms with E-state index in [4.69, 9.17) is 15.2 Å². The number of rotatable bonds is 7. The summed E-state index contributed by atoms with van der Waals surface area (Å²) in [7, 11) is 1.45. The number of carbonyl (C=O) groups excluding carboxylic acids is 2. The number of benzene rings is 2. The fraction of sp³-hybridized carbons (Fsp3) is 0.222. The Kier molecular flexibility index (Phi) is 6.35. The third kappa shape index (κ3) is 4.20. The number of hydrogen-bond acceptors (Lipinski definition) is 5. The predicted octanol–water partition coefficient (Wildman–Crippen LogP) is 1.86. The molecule has 7 nitrogen and oxygen atoms in total. The summed E-state index contributed by atoms with van der Waals surface area (Å²) in [4.78, 5) is 24.3. The quantitative estimate of drug-likeness (QED) is 0.767. The molecule has 0 saturated carbocycles. The molecule has 0 bridgehead atoms. The lowest BCUT2D eigenvalue weighted by molar-refractivity contribution is -0.117. The molecule has 2 amide bonds. The minimum atomic E-state index is -1.53. The molecule has 8 heteroatoms. The molecule has 2 aromatic rings. The highest BCUT2D eigenvalue weighted by molar-refractivity contribution is 7.85. The Morgan fingerprint density at radius 2 is 1.73 bits per heavy atom. The first-order valence-corrected chi connectivity index (χ1v) is 9.25. The number of carbonyl (C=O) groups is 2. The molecular formula is C18H20N2O5S. The second-order valence-electron chi connectivity index (χ2n) is 5.39. The van der Waals surface area contributed by atoms with Gasteiger partial charge in [-0.05, 0) is 24.3 Å². The Balaban J connectivity index is 2.36. The number of methoxy groups -OCH3 is 2. The largest absolute Gasteiger partial charge is 0.493 e. The summed E-state index contributed by atoms with van der Waals surface area (Å²) in [5, 5.41) is 1.71. The van der Waals surface area contributed by atoms with Crippen molar-refractivity contribution in [3.63, 3.8) is 0 Å². The first kappa shape index (κ1) is 19.5. The Hall–Kier alpha value is -2.87. The molecule has 0 aromatic heterocycles. The molecule has 138 valence electrons. The predicted molar refractivity (Wildman–Crippen MR) is 99.9 cm³/mol. The van der Waals surface area contributed by atoms with Crippen LogP contribution in [0.15, 0.2) is 42.5 Å². The van der Waals surface area contributed by atoms with Gasteiger partial charge in [-0.15, -0.1) is 0 Å². The lowest BCUT2D eigenvalue weighted by Crippen LogP contribution is -2.26. The summed E-state index contributed by atoms with van der Waals surface area (Å²) in [6.07, 6.45) is 1.39. The molecule has 2 atom stereocenters. The molecule has 0 fully saturated rings. The molecule has 2 unspecified atom stereocenters. The molecule has 3 N–H and O–H groups in total. The van der Waals surface area contributed by atoms with Crippen molar-refractivity contribution in [2.75, 3.05) is 25.8 Å². The van der Waals surface area contributed by atoms with Crippen LogP contribution in [-0.2, 0) is 15.6 Å². The van der Waals surface area contributed by atoms with Crippen LogP contribution in [0.2, 0.25) is 0 Å². The normalized spacial score (nSPS) is 12.7. The second-order valence-corrected chi connectivity index (χ2v) is 6.86. The number of para-hydroxylation sites is 1. The fourth-order valence-corrected chi connectivity index (χ4v) is 3.40. The Bertz CT molecular complexity index is 839. The van der Waals surface area contributed by atoms with E-state index < -0.39 is 27.9 Å².